The summed E-state index contributed by atoms with van der Waals surface area (Å²) in [7, 11) is 0. The highest BCUT2D eigenvalue weighted by Crippen LogP contribution is 2.21. The highest BCUT2D eigenvalue weighted by atomic mass is 16.6. The molecule has 1 aromatic rings. The quantitative estimate of drug-likeness (QED) is 0.471. The van der Waals surface area contributed by atoms with Crippen LogP contribution in [-0.2, 0) is 6.54 Å². The molecule has 6 nitrogen and oxygen atoms in total. The Morgan fingerprint density at radius 1 is 1.56 bits per heavy atom. The van der Waals surface area contributed by atoms with E-state index in [1.165, 1.54) is 12.1 Å². The number of nitrogens with zero attached hydrogens (tertiary/aromatic N) is 3. The first-order valence-electron chi connectivity index (χ1n) is 5.70. The Bertz CT molecular complexity index is 468. The molecular formula is C12H16N4O2. The van der Waals surface area contributed by atoms with Gasteiger partial charge in [-0.2, -0.15) is 5.26 Å². The Labute approximate surface area is 106 Å². The van der Waals surface area contributed by atoms with Crippen LogP contribution < -0.4 is 5.73 Å². The highest BCUT2D eigenvalue weighted by Gasteiger charge is 2.11. The summed E-state index contributed by atoms with van der Waals surface area (Å²) in [4.78, 5) is 12.3. The van der Waals surface area contributed by atoms with Gasteiger partial charge < -0.3 is 5.73 Å². The summed E-state index contributed by atoms with van der Waals surface area (Å²) in [5, 5.41) is 19.3. The SMILES string of the molecule is CCN(CCC#N)Cc1cc([N+](=O)[O-])ccc1N. The molecule has 0 unspecified atom stereocenters. The maximum absolute atomic E-state index is 10.7. The molecule has 0 atom stereocenters. The second-order valence-corrected chi connectivity index (χ2v) is 3.92. The van der Waals surface area contributed by atoms with Gasteiger partial charge in [-0.1, -0.05) is 6.92 Å². The van der Waals surface area contributed by atoms with Crippen LogP contribution in [0.1, 0.15) is 18.9 Å². The molecule has 1 aromatic carbocycles. The maximum atomic E-state index is 10.7. The van der Waals surface area contributed by atoms with Crippen molar-refractivity contribution in [3.63, 3.8) is 0 Å². The zero-order chi connectivity index (χ0) is 13.5. The fraction of sp³-hybridized carbons (Fsp3) is 0.417. The van der Waals surface area contributed by atoms with Crippen molar-refractivity contribution in [2.24, 2.45) is 0 Å². The molecule has 6 heteroatoms. The van der Waals surface area contributed by atoms with Crippen LogP contribution in [0.25, 0.3) is 0 Å². The van der Waals surface area contributed by atoms with Crippen molar-refractivity contribution < 1.29 is 4.92 Å². The van der Waals surface area contributed by atoms with Gasteiger partial charge in [0.15, 0.2) is 0 Å². The number of hydrogen-bond acceptors (Lipinski definition) is 5. The molecule has 0 amide bonds. The predicted octanol–water partition coefficient (Wildman–Crippen LogP) is 1.91. The molecule has 0 aliphatic carbocycles. The average Bonchev–Trinajstić information content (AvgIpc) is 2.36. The lowest BCUT2D eigenvalue weighted by Crippen LogP contribution is -2.24. The minimum atomic E-state index is -0.436. The number of nitrogens with two attached hydrogens (primary N) is 1. The van der Waals surface area contributed by atoms with Gasteiger partial charge in [-0.15, -0.1) is 0 Å². The molecule has 0 spiro atoms. The van der Waals surface area contributed by atoms with E-state index in [0.717, 1.165) is 12.1 Å². The summed E-state index contributed by atoms with van der Waals surface area (Å²) in [6.07, 6.45) is 0.433. The van der Waals surface area contributed by atoms with Gasteiger partial charge in [0.05, 0.1) is 11.0 Å². The van der Waals surface area contributed by atoms with Crippen LogP contribution in [0, 0.1) is 21.4 Å². The Hall–Kier alpha value is -2.13. The van der Waals surface area contributed by atoms with Crippen LogP contribution in [0.4, 0.5) is 11.4 Å². The molecule has 18 heavy (non-hydrogen) atoms. The third-order valence-electron chi connectivity index (χ3n) is 2.72. The molecule has 0 bridgehead atoms. The molecule has 0 aliphatic rings. The zero-order valence-electron chi connectivity index (χ0n) is 10.3. The summed E-state index contributed by atoms with van der Waals surface area (Å²) >= 11 is 0. The van der Waals surface area contributed by atoms with Crippen LogP contribution in [0.2, 0.25) is 0 Å². The maximum Gasteiger partial charge on any atom is 0.269 e. The summed E-state index contributed by atoms with van der Waals surface area (Å²) in [6.45, 7) is 3.90. The average molecular weight is 248 g/mol. The molecule has 2 N–H and O–H groups in total. The number of nitriles is 1. The summed E-state index contributed by atoms with van der Waals surface area (Å²) < 4.78 is 0. The molecule has 0 aliphatic heterocycles. The standard InChI is InChI=1S/C12H16N4O2/c1-2-15(7-3-6-13)9-10-8-11(16(17)18)4-5-12(10)14/h4-5,8H,2-3,7,9,14H2,1H3. The van der Waals surface area contributed by atoms with Crippen molar-refractivity contribution in [1.29, 1.82) is 5.26 Å². The lowest BCUT2D eigenvalue weighted by Gasteiger charge is -2.19. The third-order valence-corrected chi connectivity index (χ3v) is 2.72. The van der Waals surface area contributed by atoms with E-state index in [1.807, 2.05) is 11.8 Å². The van der Waals surface area contributed by atoms with E-state index in [0.29, 0.717) is 25.2 Å². The number of anilines is 1. The molecule has 0 saturated heterocycles. The summed E-state index contributed by atoms with van der Waals surface area (Å²) in [6, 6.07) is 6.51. The molecule has 0 fully saturated rings. The normalized spacial score (nSPS) is 10.3. The number of nitro benzene ring substituents is 1. The fourth-order valence-electron chi connectivity index (χ4n) is 1.64. The van der Waals surface area contributed by atoms with Crippen LogP contribution in [0.5, 0.6) is 0 Å². The van der Waals surface area contributed by atoms with E-state index in [9.17, 15) is 10.1 Å². The first kappa shape index (κ1) is 13.9. The second kappa shape index (κ2) is 6.57. The van der Waals surface area contributed by atoms with Gasteiger partial charge in [-0.25, -0.2) is 0 Å². The summed E-state index contributed by atoms with van der Waals surface area (Å²) in [5.74, 6) is 0. The van der Waals surface area contributed by atoms with Gasteiger partial charge in [-0.05, 0) is 18.2 Å². The molecule has 96 valence electrons. The first-order chi connectivity index (χ1) is 8.58. The highest BCUT2D eigenvalue weighted by molar-refractivity contribution is 5.52. The molecular weight excluding hydrogens is 232 g/mol. The first-order valence-corrected chi connectivity index (χ1v) is 5.70. The van der Waals surface area contributed by atoms with Crippen molar-refractivity contribution in [2.45, 2.75) is 19.9 Å². The Morgan fingerprint density at radius 2 is 2.28 bits per heavy atom. The number of nitro groups is 1. The van der Waals surface area contributed by atoms with E-state index in [-0.39, 0.29) is 5.69 Å². The Kier molecular flexibility index (Phi) is 5.08. The number of rotatable bonds is 6. The van der Waals surface area contributed by atoms with E-state index < -0.39 is 4.92 Å². The number of hydrogen-bond donors (Lipinski definition) is 1. The number of non-ortho nitro benzene ring substituents is 1. The van der Waals surface area contributed by atoms with Gasteiger partial charge in [0, 0.05) is 37.3 Å². The van der Waals surface area contributed by atoms with Crippen LogP contribution in [0.15, 0.2) is 18.2 Å². The molecule has 0 aromatic heterocycles. The predicted molar refractivity (Wildman–Crippen MR) is 68.7 cm³/mol. The fourth-order valence-corrected chi connectivity index (χ4v) is 1.64. The van der Waals surface area contributed by atoms with Crippen molar-refractivity contribution >= 4 is 11.4 Å². The number of benzene rings is 1. The van der Waals surface area contributed by atoms with Gasteiger partial charge in [0.1, 0.15) is 0 Å². The zero-order valence-corrected chi connectivity index (χ0v) is 10.3. The van der Waals surface area contributed by atoms with Crippen LogP contribution >= 0.6 is 0 Å². The minimum Gasteiger partial charge on any atom is -0.398 e. The largest absolute Gasteiger partial charge is 0.398 e. The van der Waals surface area contributed by atoms with E-state index in [2.05, 4.69) is 6.07 Å². The van der Waals surface area contributed by atoms with Crippen molar-refractivity contribution in [2.75, 3.05) is 18.8 Å². The van der Waals surface area contributed by atoms with E-state index in [4.69, 9.17) is 11.0 Å². The molecule has 1 rings (SSSR count). The smallest absolute Gasteiger partial charge is 0.269 e. The Morgan fingerprint density at radius 3 is 2.83 bits per heavy atom. The van der Waals surface area contributed by atoms with Gasteiger partial charge in [-0.3, -0.25) is 15.0 Å². The second-order valence-electron chi connectivity index (χ2n) is 3.92. The molecule has 0 heterocycles. The number of nitrogen functional groups attached to an aromatic ring is 1. The van der Waals surface area contributed by atoms with Crippen molar-refractivity contribution in [1.82, 2.24) is 4.90 Å². The van der Waals surface area contributed by atoms with Gasteiger partial charge >= 0.3 is 0 Å². The monoisotopic (exact) mass is 248 g/mol. The van der Waals surface area contributed by atoms with Crippen molar-refractivity contribution in [3.8, 4) is 6.07 Å². The summed E-state index contributed by atoms with van der Waals surface area (Å²) in [5.41, 5.74) is 7.11. The molecule has 0 radical (unpaired) electrons. The third kappa shape index (κ3) is 3.71. The topological polar surface area (TPSA) is 96.2 Å². The lowest BCUT2D eigenvalue weighted by molar-refractivity contribution is -0.384. The van der Waals surface area contributed by atoms with Gasteiger partial charge in [0.25, 0.3) is 5.69 Å². The van der Waals surface area contributed by atoms with Gasteiger partial charge in [0.2, 0.25) is 0 Å². The van der Waals surface area contributed by atoms with Crippen molar-refractivity contribution in [3.05, 3.63) is 33.9 Å². The lowest BCUT2D eigenvalue weighted by atomic mass is 10.1. The Balaban J connectivity index is 2.84. The van der Waals surface area contributed by atoms with Crippen LogP contribution in [0.3, 0.4) is 0 Å². The molecule has 0 saturated carbocycles. The van der Waals surface area contributed by atoms with E-state index in [1.54, 1.807) is 6.07 Å². The van der Waals surface area contributed by atoms with E-state index >= 15 is 0 Å². The minimum absolute atomic E-state index is 0.0375. The van der Waals surface area contributed by atoms with Crippen LogP contribution in [-0.4, -0.2) is 22.9 Å².